The number of aromatic hydroxyl groups is 1. The highest BCUT2D eigenvalue weighted by Gasteiger charge is 2.11. The van der Waals surface area contributed by atoms with Gasteiger partial charge in [-0.15, -0.1) is 11.3 Å². The molecule has 1 N–H and O–H groups in total. The Hall–Kier alpha value is -0.810. The third kappa shape index (κ3) is 1.64. The highest BCUT2D eigenvalue weighted by molar-refractivity contribution is 14.1. The number of phenols is 1. The molecule has 0 aliphatic carbocycles. The first-order valence-electron chi connectivity index (χ1n) is 5.39. The van der Waals surface area contributed by atoms with Crippen LogP contribution in [-0.4, -0.2) is 5.11 Å². The Morgan fingerprint density at radius 2 is 1.88 bits per heavy atom. The van der Waals surface area contributed by atoms with Crippen molar-refractivity contribution in [3.8, 4) is 5.75 Å². The maximum Gasteiger partial charge on any atom is 0.117 e. The van der Waals surface area contributed by atoms with Crippen LogP contribution in [0.5, 0.6) is 5.75 Å². The van der Waals surface area contributed by atoms with E-state index in [0.717, 1.165) is 4.70 Å². The highest BCUT2D eigenvalue weighted by atomic mass is 127. The number of hydrogen-bond acceptors (Lipinski definition) is 2. The molecule has 0 radical (unpaired) electrons. The average molecular weight is 354 g/mol. The largest absolute Gasteiger partial charge is 0.508 e. The summed E-state index contributed by atoms with van der Waals surface area (Å²) in [6.45, 7) is 4.32. The summed E-state index contributed by atoms with van der Waals surface area (Å²) in [5.74, 6) is 0.341. The van der Waals surface area contributed by atoms with E-state index in [0.29, 0.717) is 5.75 Å². The van der Waals surface area contributed by atoms with Gasteiger partial charge in [0.1, 0.15) is 5.75 Å². The Bertz CT molecular complexity index is 743. The predicted octanol–water partition coefficient (Wildman–Crippen LogP) is 4.98. The van der Waals surface area contributed by atoms with Gasteiger partial charge in [0.05, 0.1) is 0 Å². The van der Waals surface area contributed by atoms with E-state index in [1.54, 1.807) is 17.4 Å². The zero-order valence-corrected chi connectivity index (χ0v) is 12.5. The van der Waals surface area contributed by atoms with Gasteiger partial charge in [-0.25, -0.2) is 0 Å². The molecule has 3 heteroatoms. The zero-order valence-electron chi connectivity index (χ0n) is 9.54. The Kier molecular flexibility index (Phi) is 2.56. The van der Waals surface area contributed by atoms with Gasteiger partial charge in [-0.05, 0) is 71.8 Å². The van der Waals surface area contributed by atoms with Crippen LogP contribution in [0, 0.1) is 17.4 Å². The number of benzene rings is 2. The molecule has 0 fully saturated rings. The van der Waals surface area contributed by atoms with E-state index < -0.39 is 0 Å². The minimum Gasteiger partial charge on any atom is -0.508 e. The summed E-state index contributed by atoms with van der Waals surface area (Å²) in [6, 6.07) is 7.87. The van der Waals surface area contributed by atoms with Crippen LogP contribution in [0.15, 0.2) is 24.3 Å². The van der Waals surface area contributed by atoms with Gasteiger partial charge in [0.2, 0.25) is 0 Å². The van der Waals surface area contributed by atoms with Crippen molar-refractivity contribution in [2.45, 2.75) is 13.8 Å². The number of rotatable bonds is 0. The third-order valence-electron chi connectivity index (χ3n) is 3.09. The molecule has 86 valence electrons. The molecule has 0 aliphatic heterocycles. The van der Waals surface area contributed by atoms with Crippen molar-refractivity contribution in [3.63, 3.8) is 0 Å². The van der Waals surface area contributed by atoms with Gasteiger partial charge in [-0.2, -0.15) is 0 Å². The summed E-state index contributed by atoms with van der Waals surface area (Å²) in [5.41, 5.74) is 2.67. The summed E-state index contributed by atoms with van der Waals surface area (Å²) in [4.78, 5) is 0. The van der Waals surface area contributed by atoms with E-state index >= 15 is 0 Å². The maximum atomic E-state index is 9.54. The Labute approximate surface area is 117 Å². The number of phenolic OH excluding ortho intramolecular Hbond substituents is 1. The van der Waals surface area contributed by atoms with Crippen molar-refractivity contribution in [1.82, 2.24) is 0 Å². The molecule has 0 atom stereocenters. The van der Waals surface area contributed by atoms with Crippen LogP contribution in [0.2, 0.25) is 0 Å². The smallest absolute Gasteiger partial charge is 0.117 e. The Morgan fingerprint density at radius 1 is 1.12 bits per heavy atom. The quantitative estimate of drug-likeness (QED) is 0.565. The second-order valence-corrected chi connectivity index (χ2v) is 6.42. The van der Waals surface area contributed by atoms with E-state index in [1.165, 1.54) is 30.2 Å². The number of thiophene rings is 1. The third-order valence-corrected chi connectivity index (χ3v) is 6.04. The van der Waals surface area contributed by atoms with Crippen LogP contribution < -0.4 is 0 Å². The first kappa shape index (κ1) is 11.3. The van der Waals surface area contributed by atoms with Gasteiger partial charge in [-0.3, -0.25) is 0 Å². The Balaban J connectivity index is 2.56. The molecule has 1 nitrogen and oxygen atoms in total. The lowest BCUT2D eigenvalue weighted by Gasteiger charge is -2.04. The molecule has 1 heterocycles. The fourth-order valence-electron chi connectivity index (χ4n) is 2.20. The van der Waals surface area contributed by atoms with Crippen molar-refractivity contribution in [1.29, 1.82) is 0 Å². The van der Waals surface area contributed by atoms with Crippen LogP contribution in [0.1, 0.15) is 11.1 Å². The van der Waals surface area contributed by atoms with Gasteiger partial charge < -0.3 is 5.11 Å². The molecule has 1 aromatic heterocycles. The molecule has 3 aromatic rings. The minimum absolute atomic E-state index is 0.341. The van der Waals surface area contributed by atoms with Crippen molar-refractivity contribution in [2.24, 2.45) is 0 Å². The lowest BCUT2D eigenvalue weighted by molar-refractivity contribution is 0.476. The van der Waals surface area contributed by atoms with Crippen LogP contribution in [0.3, 0.4) is 0 Å². The molecular formula is C14H11IOS. The molecule has 0 bridgehead atoms. The fourth-order valence-corrected chi connectivity index (χ4v) is 4.03. The first-order chi connectivity index (χ1) is 8.08. The summed E-state index contributed by atoms with van der Waals surface area (Å²) >= 11 is 4.17. The minimum atomic E-state index is 0.341. The van der Waals surface area contributed by atoms with E-state index in [4.69, 9.17) is 0 Å². The van der Waals surface area contributed by atoms with Gasteiger partial charge in [0.25, 0.3) is 0 Å². The second kappa shape index (κ2) is 3.85. The number of halogens is 1. The first-order valence-corrected chi connectivity index (χ1v) is 7.28. The lowest BCUT2D eigenvalue weighted by atomic mass is 10.1. The lowest BCUT2D eigenvalue weighted by Crippen LogP contribution is -1.85. The number of hydrogen-bond donors (Lipinski definition) is 1. The van der Waals surface area contributed by atoms with Crippen molar-refractivity contribution >= 4 is 54.1 Å². The standard InChI is InChI=1S/C14H11IOS/c1-7-5-11-10-4-3-9(16)6-12(10)17-14(11)8(2)13(7)15/h3-6,16H,1-2H3. The van der Waals surface area contributed by atoms with E-state index in [1.807, 2.05) is 12.1 Å². The number of fused-ring (bicyclic) bond motifs is 3. The van der Waals surface area contributed by atoms with Crippen LogP contribution in [-0.2, 0) is 0 Å². The normalized spacial score (nSPS) is 11.5. The second-order valence-electron chi connectivity index (χ2n) is 4.29. The molecule has 0 unspecified atom stereocenters. The summed E-state index contributed by atoms with van der Waals surface area (Å²) in [7, 11) is 0. The number of aryl methyl sites for hydroxylation is 2. The Morgan fingerprint density at radius 3 is 2.65 bits per heavy atom. The molecule has 0 spiro atoms. The maximum absolute atomic E-state index is 9.54. The summed E-state index contributed by atoms with van der Waals surface area (Å²) in [5, 5.41) is 12.1. The molecule has 17 heavy (non-hydrogen) atoms. The molecule has 0 saturated heterocycles. The average Bonchev–Trinajstić information content (AvgIpc) is 2.64. The summed E-state index contributed by atoms with van der Waals surface area (Å²) < 4.78 is 3.83. The van der Waals surface area contributed by atoms with E-state index in [2.05, 4.69) is 42.5 Å². The molecule has 0 aliphatic rings. The molecule has 2 aromatic carbocycles. The molecule has 3 rings (SSSR count). The fraction of sp³-hybridized carbons (Fsp3) is 0.143. The van der Waals surface area contributed by atoms with Crippen molar-refractivity contribution in [2.75, 3.05) is 0 Å². The van der Waals surface area contributed by atoms with Crippen LogP contribution >= 0.6 is 33.9 Å². The van der Waals surface area contributed by atoms with Crippen LogP contribution in [0.4, 0.5) is 0 Å². The summed E-state index contributed by atoms with van der Waals surface area (Å²) in [6.07, 6.45) is 0. The van der Waals surface area contributed by atoms with E-state index in [9.17, 15) is 5.11 Å². The van der Waals surface area contributed by atoms with Crippen molar-refractivity contribution < 1.29 is 5.11 Å². The zero-order chi connectivity index (χ0) is 12.2. The molecule has 0 amide bonds. The van der Waals surface area contributed by atoms with Crippen LogP contribution in [0.25, 0.3) is 20.2 Å². The van der Waals surface area contributed by atoms with Gasteiger partial charge in [0.15, 0.2) is 0 Å². The highest BCUT2D eigenvalue weighted by Crippen LogP contribution is 2.39. The van der Waals surface area contributed by atoms with Gasteiger partial charge in [0, 0.05) is 23.7 Å². The van der Waals surface area contributed by atoms with Gasteiger partial charge >= 0.3 is 0 Å². The predicted molar refractivity (Wildman–Crippen MR) is 83.2 cm³/mol. The SMILES string of the molecule is Cc1cc2c(sc3cc(O)ccc32)c(C)c1I. The molecule has 0 saturated carbocycles. The van der Waals surface area contributed by atoms with Crippen molar-refractivity contribution in [3.05, 3.63) is 39.0 Å². The van der Waals surface area contributed by atoms with Gasteiger partial charge in [-0.1, -0.05) is 0 Å². The monoisotopic (exact) mass is 354 g/mol. The molecular weight excluding hydrogens is 343 g/mol. The van der Waals surface area contributed by atoms with E-state index in [-0.39, 0.29) is 0 Å². The topological polar surface area (TPSA) is 20.2 Å².